The minimum atomic E-state index is -0.139. The van der Waals surface area contributed by atoms with E-state index in [2.05, 4.69) is 0 Å². The molecular formula is C20H25NO5. The van der Waals surface area contributed by atoms with Crippen LogP contribution in [0.5, 0.6) is 5.75 Å². The molecule has 2 fully saturated rings. The number of hydrogen-bond acceptors (Lipinski definition) is 5. The van der Waals surface area contributed by atoms with Gasteiger partial charge in [0.15, 0.2) is 17.1 Å². The first kappa shape index (κ1) is 17.4. The monoisotopic (exact) mass is 359 g/mol. The van der Waals surface area contributed by atoms with Crippen LogP contribution in [0.25, 0.3) is 11.0 Å². The first-order chi connectivity index (χ1) is 12.6. The van der Waals surface area contributed by atoms with E-state index in [0.29, 0.717) is 36.8 Å². The van der Waals surface area contributed by atoms with E-state index in [-0.39, 0.29) is 11.5 Å². The Bertz CT molecular complexity index is 806. The van der Waals surface area contributed by atoms with Crippen molar-refractivity contribution in [1.82, 2.24) is 4.90 Å². The highest BCUT2D eigenvalue weighted by atomic mass is 16.5. The molecule has 6 nitrogen and oxygen atoms in total. The van der Waals surface area contributed by atoms with E-state index >= 15 is 0 Å². The molecule has 0 unspecified atom stereocenters. The number of para-hydroxylation sites is 1. The Morgan fingerprint density at radius 2 is 1.96 bits per heavy atom. The van der Waals surface area contributed by atoms with Crippen molar-refractivity contribution in [2.75, 3.05) is 40.0 Å². The number of rotatable bonds is 2. The number of carbonyl (C=O) groups is 1. The number of amides is 1. The summed E-state index contributed by atoms with van der Waals surface area (Å²) in [5, 5.41) is 0.916. The van der Waals surface area contributed by atoms with E-state index in [9.17, 15) is 4.79 Å². The Hall–Kier alpha value is -2.05. The highest BCUT2D eigenvalue weighted by Crippen LogP contribution is 2.34. The quantitative estimate of drug-likeness (QED) is 0.824. The molecule has 6 heteroatoms. The summed E-state index contributed by atoms with van der Waals surface area (Å²) in [5.41, 5.74) is 1.34. The fraction of sp³-hybridized carbons (Fsp3) is 0.550. The summed E-state index contributed by atoms with van der Waals surface area (Å²) < 4.78 is 22.9. The average molecular weight is 359 g/mol. The Morgan fingerprint density at radius 1 is 1.15 bits per heavy atom. The molecule has 2 aliphatic heterocycles. The van der Waals surface area contributed by atoms with Crippen LogP contribution in [0.15, 0.2) is 22.6 Å². The molecule has 2 saturated heterocycles. The smallest absolute Gasteiger partial charge is 0.289 e. The minimum absolute atomic E-state index is 0.0755. The van der Waals surface area contributed by atoms with Crippen molar-refractivity contribution in [1.29, 1.82) is 0 Å². The lowest BCUT2D eigenvalue weighted by Gasteiger charge is -2.35. The van der Waals surface area contributed by atoms with Crippen LogP contribution < -0.4 is 4.74 Å². The molecule has 26 heavy (non-hydrogen) atoms. The maximum atomic E-state index is 13.1. The first-order valence-corrected chi connectivity index (χ1v) is 9.21. The summed E-state index contributed by atoms with van der Waals surface area (Å²) >= 11 is 0. The molecule has 1 amide bonds. The maximum Gasteiger partial charge on any atom is 0.289 e. The lowest BCUT2D eigenvalue weighted by Crippen LogP contribution is -2.40. The van der Waals surface area contributed by atoms with E-state index in [0.717, 1.165) is 43.4 Å². The van der Waals surface area contributed by atoms with Crippen LogP contribution >= 0.6 is 0 Å². The Balaban J connectivity index is 1.58. The molecule has 0 bridgehead atoms. The largest absolute Gasteiger partial charge is 0.493 e. The molecule has 2 aliphatic rings. The third kappa shape index (κ3) is 2.97. The second kappa shape index (κ2) is 6.93. The van der Waals surface area contributed by atoms with Gasteiger partial charge in [0.1, 0.15) is 0 Å². The maximum absolute atomic E-state index is 13.1. The second-order valence-electron chi connectivity index (χ2n) is 7.08. The molecule has 2 aromatic rings. The Labute approximate surface area is 153 Å². The van der Waals surface area contributed by atoms with Gasteiger partial charge in [-0.25, -0.2) is 0 Å². The molecular weight excluding hydrogens is 334 g/mol. The molecule has 0 aliphatic carbocycles. The summed E-state index contributed by atoms with van der Waals surface area (Å²) in [6, 6.07) is 5.71. The minimum Gasteiger partial charge on any atom is -0.493 e. The molecule has 3 heterocycles. The summed E-state index contributed by atoms with van der Waals surface area (Å²) in [6.07, 6.45) is 2.64. The number of carbonyl (C=O) groups excluding carboxylic acids is 1. The number of hydrogen-bond donors (Lipinski definition) is 0. The van der Waals surface area contributed by atoms with Crippen molar-refractivity contribution in [3.63, 3.8) is 0 Å². The van der Waals surface area contributed by atoms with Crippen molar-refractivity contribution in [3.05, 3.63) is 29.5 Å². The molecule has 0 N–H and O–H groups in total. The number of nitrogens with zero attached hydrogens (tertiary/aromatic N) is 1. The SMILES string of the molecule is COc1cccc2c(C)c(C(=O)N3CCOC4(CCOCC4)CC3)oc12. The third-order valence-corrected chi connectivity index (χ3v) is 5.64. The molecule has 0 radical (unpaired) electrons. The number of fused-ring (bicyclic) bond motifs is 1. The van der Waals surface area contributed by atoms with Gasteiger partial charge in [0.25, 0.3) is 5.91 Å². The fourth-order valence-corrected chi connectivity index (χ4v) is 3.96. The van der Waals surface area contributed by atoms with Gasteiger partial charge in [-0.15, -0.1) is 0 Å². The highest BCUT2D eigenvalue weighted by Gasteiger charge is 2.37. The highest BCUT2D eigenvalue weighted by molar-refractivity contribution is 6.00. The molecule has 0 atom stereocenters. The summed E-state index contributed by atoms with van der Waals surface area (Å²) in [6.45, 7) is 5.19. The van der Waals surface area contributed by atoms with Gasteiger partial charge in [0, 0.05) is 37.3 Å². The van der Waals surface area contributed by atoms with E-state index in [1.54, 1.807) is 7.11 Å². The van der Waals surface area contributed by atoms with Gasteiger partial charge in [0.05, 0.1) is 19.3 Å². The summed E-state index contributed by atoms with van der Waals surface area (Å²) in [5.74, 6) is 0.964. The van der Waals surface area contributed by atoms with Crippen molar-refractivity contribution in [2.24, 2.45) is 0 Å². The van der Waals surface area contributed by atoms with Gasteiger partial charge in [-0.3, -0.25) is 4.79 Å². The van der Waals surface area contributed by atoms with E-state index < -0.39 is 0 Å². The normalized spacial score (nSPS) is 20.3. The van der Waals surface area contributed by atoms with Crippen LogP contribution in [0.2, 0.25) is 0 Å². The van der Waals surface area contributed by atoms with Gasteiger partial charge in [0.2, 0.25) is 0 Å². The number of furan rings is 1. The van der Waals surface area contributed by atoms with Gasteiger partial charge >= 0.3 is 0 Å². The van der Waals surface area contributed by atoms with Crippen LogP contribution in [0.3, 0.4) is 0 Å². The van der Waals surface area contributed by atoms with Crippen LogP contribution in [-0.2, 0) is 9.47 Å². The van der Waals surface area contributed by atoms with Crippen molar-refractivity contribution >= 4 is 16.9 Å². The zero-order valence-corrected chi connectivity index (χ0v) is 15.4. The summed E-state index contributed by atoms with van der Waals surface area (Å²) in [7, 11) is 1.60. The zero-order chi connectivity index (χ0) is 18.1. The molecule has 1 aromatic heterocycles. The van der Waals surface area contributed by atoms with Crippen molar-refractivity contribution in [2.45, 2.75) is 31.8 Å². The number of benzene rings is 1. The number of aryl methyl sites for hydroxylation is 1. The molecule has 4 rings (SSSR count). The van der Waals surface area contributed by atoms with Crippen molar-refractivity contribution in [3.8, 4) is 5.75 Å². The lowest BCUT2D eigenvalue weighted by atomic mass is 9.90. The predicted molar refractivity (Wildman–Crippen MR) is 96.8 cm³/mol. The van der Waals surface area contributed by atoms with Gasteiger partial charge in [-0.2, -0.15) is 0 Å². The number of ether oxygens (including phenoxy) is 3. The fourth-order valence-electron chi connectivity index (χ4n) is 3.96. The standard InChI is InChI=1S/C20H25NO5/c1-14-15-4-3-5-16(23-2)18(15)26-17(14)19(22)21-9-6-20(25-13-10-21)7-11-24-12-8-20/h3-5H,6-13H2,1-2H3. The van der Waals surface area contributed by atoms with Gasteiger partial charge in [-0.1, -0.05) is 12.1 Å². The Morgan fingerprint density at radius 3 is 2.73 bits per heavy atom. The van der Waals surface area contributed by atoms with E-state index in [1.165, 1.54) is 0 Å². The molecule has 1 spiro atoms. The zero-order valence-electron chi connectivity index (χ0n) is 15.4. The Kier molecular flexibility index (Phi) is 4.63. The third-order valence-electron chi connectivity index (χ3n) is 5.64. The topological polar surface area (TPSA) is 61.1 Å². The molecule has 1 aromatic carbocycles. The van der Waals surface area contributed by atoms with Crippen molar-refractivity contribution < 1.29 is 23.4 Å². The first-order valence-electron chi connectivity index (χ1n) is 9.21. The summed E-state index contributed by atoms with van der Waals surface area (Å²) in [4.78, 5) is 15.0. The van der Waals surface area contributed by atoms with Crippen LogP contribution in [-0.4, -0.2) is 56.4 Å². The van der Waals surface area contributed by atoms with Crippen LogP contribution in [0.4, 0.5) is 0 Å². The van der Waals surface area contributed by atoms with E-state index in [4.69, 9.17) is 18.6 Å². The van der Waals surface area contributed by atoms with Crippen LogP contribution in [0.1, 0.15) is 35.4 Å². The van der Waals surface area contributed by atoms with E-state index in [1.807, 2.05) is 30.0 Å². The lowest BCUT2D eigenvalue weighted by molar-refractivity contribution is -0.105. The number of methoxy groups -OCH3 is 1. The molecule has 140 valence electrons. The van der Waals surface area contributed by atoms with Crippen LogP contribution in [0, 0.1) is 6.92 Å². The van der Waals surface area contributed by atoms with Gasteiger partial charge in [-0.05, 0) is 32.3 Å². The second-order valence-corrected chi connectivity index (χ2v) is 7.08. The predicted octanol–water partition coefficient (Wildman–Crippen LogP) is 3.16. The van der Waals surface area contributed by atoms with Gasteiger partial charge < -0.3 is 23.5 Å². The molecule has 0 saturated carbocycles. The average Bonchev–Trinajstić information content (AvgIpc) is 2.88.